The molecule has 0 N–H and O–H groups in total. The van der Waals surface area contributed by atoms with Crippen LogP contribution in [0.2, 0.25) is 0 Å². The lowest BCUT2D eigenvalue weighted by atomic mass is 10.3. The van der Waals surface area contributed by atoms with Gasteiger partial charge in [-0.25, -0.2) is 0 Å². The highest BCUT2D eigenvalue weighted by atomic mass is 16.6. The molecule has 0 aromatic carbocycles. The molecule has 0 bridgehead atoms. The molecule has 1 heterocycles. The second kappa shape index (κ2) is 2.92. The van der Waals surface area contributed by atoms with E-state index in [2.05, 4.69) is 5.10 Å². The van der Waals surface area contributed by atoms with Gasteiger partial charge in [0.15, 0.2) is 0 Å². The highest BCUT2D eigenvalue weighted by Gasteiger charge is 2.20. The number of nitrogens with zero attached hydrogens (tertiary/aromatic N) is 3. The predicted molar refractivity (Wildman–Crippen MR) is 44.0 cm³/mol. The first-order valence-electron chi connectivity index (χ1n) is 3.72. The summed E-state index contributed by atoms with van der Waals surface area (Å²) < 4.78 is 1.41. The van der Waals surface area contributed by atoms with Crippen molar-refractivity contribution in [1.29, 1.82) is 0 Å². The molecule has 0 saturated carbocycles. The third kappa shape index (κ3) is 1.30. The molecule has 5 heteroatoms. The van der Waals surface area contributed by atoms with Crippen LogP contribution >= 0.6 is 0 Å². The molecule has 5 nitrogen and oxygen atoms in total. The molecule has 0 unspecified atom stereocenters. The van der Waals surface area contributed by atoms with E-state index in [4.69, 9.17) is 0 Å². The van der Waals surface area contributed by atoms with E-state index in [1.54, 1.807) is 6.92 Å². The van der Waals surface area contributed by atoms with E-state index >= 15 is 0 Å². The van der Waals surface area contributed by atoms with Crippen LogP contribution in [0, 0.1) is 17.0 Å². The molecule has 1 aromatic rings. The maximum atomic E-state index is 10.6. The van der Waals surface area contributed by atoms with Crippen molar-refractivity contribution in [2.24, 2.45) is 0 Å². The lowest BCUT2D eigenvalue weighted by Gasteiger charge is -2.01. The number of rotatable bonds is 2. The van der Waals surface area contributed by atoms with E-state index in [1.165, 1.54) is 10.9 Å². The largest absolute Gasteiger partial charge is 0.358 e. The van der Waals surface area contributed by atoms with E-state index < -0.39 is 4.92 Å². The first-order chi connectivity index (χ1) is 5.54. The van der Waals surface area contributed by atoms with Gasteiger partial charge in [0.05, 0.1) is 11.8 Å². The third-order valence-electron chi connectivity index (χ3n) is 1.61. The van der Waals surface area contributed by atoms with Crippen LogP contribution in [-0.4, -0.2) is 14.7 Å². The molecule has 0 atom stereocenters. The van der Waals surface area contributed by atoms with Crippen molar-refractivity contribution in [3.63, 3.8) is 0 Å². The van der Waals surface area contributed by atoms with Gasteiger partial charge in [0.1, 0.15) is 6.04 Å². The predicted octanol–water partition coefficient (Wildman–Crippen LogP) is 1.68. The van der Waals surface area contributed by atoms with Gasteiger partial charge in [-0.1, -0.05) is 5.10 Å². The number of aryl methyl sites for hydroxylation is 1. The van der Waals surface area contributed by atoms with Gasteiger partial charge in [-0.15, -0.1) is 4.68 Å². The highest BCUT2D eigenvalue weighted by Crippen LogP contribution is 2.20. The Balaban J connectivity index is 3.21. The van der Waals surface area contributed by atoms with Gasteiger partial charge in [0, 0.05) is 0 Å². The van der Waals surface area contributed by atoms with Crippen LogP contribution in [0.1, 0.15) is 25.5 Å². The van der Waals surface area contributed by atoms with Gasteiger partial charge in [0.25, 0.3) is 0 Å². The SMILES string of the molecule is Cc1cnn(C(C)C)c1[N+](=O)[O-]. The van der Waals surface area contributed by atoms with Crippen molar-refractivity contribution in [1.82, 2.24) is 9.78 Å². The first kappa shape index (κ1) is 8.70. The molecule has 0 aliphatic heterocycles. The van der Waals surface area contributed by atoms with Gasteiger partial charge < -0.3 is 10.1 Å². The number of nitro groups is 1. The fourth-order valence-electron chi connectivity index (χ4n) is 1.05. The molecule has 1 aromatic heterocycles. The molecule has 0 aliphatic carbocycles. The second-order valence-electron chi connectivity index (χ2n) is 2.95. The Morgan fingerprint density at radius 3 is 2.58 bits per heavy atom. The fourth-order valence-corrected chi connectivity index (χ4v) is 1.05. The lowest BCUT2D eigenvalue weighted by Crippen LogP contribution is -2.07. The van der Waals surface area contributed by atoms with Crippen molar-refractivity contribution in [3.05, 3.63) is 21.9 Å². The quantitative estimate of drug-likeness (QED) is 0.499. The van der Waals surface area contributed by atoms with Crippen molar-refractivity contribution >= 4 is 5.82 Å². The fraction of sp³-hybridized carbons (Fsp3) is 0.571. The first-order valence-corrected chi connectivity index (χ1v) is 3.72. The van der Waals surface area contributed by atoms with E-state index in [0.717, 1.165) is 0 Å². The molecular formula is C7H11N3O2. The van der Waals surface area contributed by atoms with Crippen LogP contribution in [0.4, 0.5) is 5.82 Å². The van der Waals surface area contributed by atoms with Crippen molar-refractivity contribution in [3.8, 4) is 0 Å². The van der Waals surface area contributed by atoms with Gasteiger partial charge in [0.2, 0.25) is 0 Å². The number of aromatic nitrogens is 2. The summed E-state index contributed by atoms with van der Waals surface area (Å²) >= 11 is 0. The molecule has 0 fully saturated rings. The Morgan fingerprint density at radius 1 is 1.67 bits per heavy atom. The zero-order valence-corrected chi connectivity index (χ0v) is 7.31. The summed E-state index contributed by atoms with van der Waals surface area (Å²) in [6.45, 7) is 5.41. The summed E-state index contributed by atoms with van der Waals surface area (Å²) in [6.07, 6.45) is 1.51. The summed E-state index contributed by atoms with van der Waals surface area (Å²) in [7, 11) is 0. The summed E-state index contributed by atoms with van der Waals surface area (Å²) in [5.74, 6) is 0.0880. The van der Waals surface area contributed by atoms with E-state index in [1.807, 2.05) is 13.8 Å². The van der Waals surface area contributed by atoms with Gasteiger partial charge in [-0.3, -0.25) is 0 Å². The summed E-state index contributed by atoms with van der Waals surface area (Å²) in [4.78, 5) is 10.2. The normalized spacial score (nSPS) is 10.7. The molecule has 0 spiro atoms. The lowest BCUT2D eigenvalue weighted by molar-refractivity contribution is -0.393. The Labute approximate surface area is 70.2 Å². The highest BCUT2D eigenvalue weighted by molar-refractivity contribution is 5.29. The molecule has 0 amide bonds. The van der Waals surface area contributed by atoms with Crippen LogP contribution < -0.4 is 0 Å². The molecule has 0 aliphatic rings. The number of hydrogen-bond donors (Lipinski definition) is 0. The van der Waals surface area contributed by atoms with Crippen molar-refractivity contribution in [2.75, 3.05) is 0 Å². The summed E-state index contributed by atoms with van der Waals surface area (Å²) in [5.41, 5.74) is 0.605. The maximum Gasteiger partial charge on any atom is 0.348 e. The minimum Gasteiger partial charge on any atom is -0.358 e. The number of hydrogen-bond acceptors (Lipinski definition) is 3. The van der Waals surface area contributed by atoms with Crippen LogP contribution in [0.25, 0.3) is 0 Å². The Kier molecular flexibility index (Phi) is 2.12. The average molecular weight is 169 g/mol. The maximum absolute atomic E-state index is 10.6. The topological polar surface area (TPSA) is 61.0 Å². The third-order valence-corrected chi connectivity index (χ3v) is 1.61. The minimum absolute atomic E-state index is 0.0269. The molecular weight excluding hydrogens is 158 g/mol. The van der Waals surface area contributed by atoms with E-state index in [9.17, 15) is 10.1 Å². The molecule has 0 saturated heterocycles. The van der Waals surface area contributed by atoms with Crippen LogP contribution in [-0.2, 0) is 0 Å². The van der Waals surface area contributed by atoms with Crippen LogP contribution in [0.5, 0.6) is 0 Å². The van der Waals surface area contributed by atoms with Crippen LogP contribution in [0.15, 0.2) is 6.20 Å². The monoisotopic (exact) mass is 169 g/mol. The van der Waals surface area contributed by atoms with Crippen molar-refractivity contribution in [2.45, 2.75) is 26.8 Å². The summed E-state index contributed by atoms with van der Waals surface area (Å²) in [5, 5.41) is 14.5. The smallest absolute Gasteiger partial charge is 0.348 e. The molecule has 0 radical (unpaired) electrons. The zero-order valence-electron chi connectivity index (χ0n) is 7.31. The van der Waals surface area contributed by atoms with Gasteiger partial charge in [-0.05, 0) is 25.7 Å². The van der Waals surface area contributed by atoms with E-state index in [0.29, 0.717) is 5.56 Å². The average Bonchev–Trinajstić information content (AvgIpc) is 2.30. The molecule has 1 rings (SSSR count). The Bertz CT molecular complexity index is 304. The van der Waals surface area contributed by atoms with Crippen LogP contribution in [0.3, 0.4) is 0 Å². The van der Waals surface area contributed by atoms with Gasteiger partial charge in [-0.2, -0.15) is 0 Å². The van der Waals surface area contributed by atoms with E-state index in [-0.39, 0.29) is 11.9 Å². The Morgan fingerprint density at radius 2 is 2.25 bits per heavy atom. The minimum atomic E-state index is -0.400. The standard InChI is InChI=1S/C7H11N3O2/c1-5(2)9-7(10(11)12)6(3)4-8-9/h4-5H,1-3H3. The summed E-state index contributed by atoms with van der Waals surface area (Å²) in [6, 6.07) is 0.0269. The molecule has 12 heavy (non-hydrogen) atoms. The molecule has 66 valence electrons. The zero-order chi connectivity index (χ0) is 9.30. The van der Waals surface area contributed by atoms with Gasteiger partial charge >= 0.3 is 5.82 Å². The second-order valence-corrected chi connectivity index (χ2v) is 2.95. The Hall–Kier alpha value is -1.39. The van der Waals surface area contributed by atoms with Crippen molar-refractivity contribution < 1.29 is 4.92 Å².